The molecule has 0 bridgehead atoms. The van der Waals surface area contributed by atoms with Gasteiger partial charge in [-0.25, -0.2) is 0 Å². The largest absolute Gasteiger partial charge is 0.0713 e. The normalized spacial score (nSPS) is 12.9. The molecule has 0 saturated carbocycles. The summed E-state index contributed by atoms with van der Waals surface area (Å²) < 4.78 is 0. The molecule has 59 heavy (non-hydrogen) atoms. The van der Waals surface area contributed by atoms with Gasteiger partial charge in [0.2, 0.25) is 0 Å². The summed E-state index contributed by atoms with van der Waals surface area (Å²) in [4.78, 5) is 0. The molecule has 0 aromatic heterocycles. The lowest BCUT2D eigenvalue weighted by molar-refractivity contribution is 0.769. The molecule has 0 radical (unpaired) electrons. The molecule has 0 atom stereocenters. The number of hydrogen-bond donors (Lipinski definition) is 0. The zero-order valence-corrected chi connectivity index (χ0v) is 32.4. The van der Waals surface area contributed by atoms with Crippen molar-refractivity contribution in [1.82, 2.24) is 0 Å². The van der Waals surface area contributed by atoms with Gasteiger partial charge < -0.3 is 0 Å². The van der Waals surface area contributed by atoms with Gasteiger partial charge >= 0.3 is 0 Å². The quantitative estimate of drug-likeness (QED) is 0.154. The van der Waals surface area contributed by atoms with Crippen molar-refractivity contribution in [1.29, 1.82) is 0 Å². The van der Waals surface area contributed by atoms with Crippen molar-refractivity contribution in [3.8, 4) is 44.5 Å². The average molecular weight is 747 g/mol. The maximum absolute atomic E-state index is 2.49. The first-order chi connectivity index (χ1) is 29.3. The molecule has 0 heterocycles. The SMILES string of the molecule is c1ccc(C2(c3ccccc3)c3ccccc3-c3ccc(-c4ccc5c(-c6cccc7ccccc67)c6ccccc6c(-c6cccc7ccccc67)c5c4)cc32)cc1. The van der Waals surface area contributed by atoms with Crippen LogP contribution in [0.15, 0.2) is 231 Å². The van der Waals surface area contributed by atoms with Crippen molar-refractivity contribution in [2.24, 2.45) is 0 Å². The Morgan fingerprint density at radius 1 is 0.237 bits per heavy atom. The average Bonchev–Trinajstić information content (AvgIpc) is 3.61. The summed E-state index contributed by atoms with van der Waals surface area (Å²) in [7, 11) is 0. The molecule has 1 aliphatic carbocycles. The second-order valence-electron chi connectivity index (χ2n) is 15.9. The van der Waals surface area contributed by atoms with E-state index in [0.717, 1.165) is 0 Å². The maximum Gasteiger partial charge on any atom is 0.0713 e. The first-order valence-electron chi connectivity index (χ1n) is 20.6. The number of fused-ring (bicyclic) bond motifs is 7. The smallest absolute Gasteiger partial charge is 0.0622 e. The molecular weight excluding hydrogens is 709 g/mol. The molecule has 12 rings (SSSR count). The van der Waals surface area contributed by atoms with Crippen molar-refractivity contribution < 1.29 is 0 Å². The first kappa shape index (κ1) is 33.6. The minimum atomic E-state index is -0.465. The highest BCUT2D eigenvalue weighted by Gasteiger charge is 2.46. The molecule has 0 unspecified atom stereocenters. The van der Waals surface area contributed by atoms with E-state index in [1.807, 2.05) is 0 Å². The first-order valence-corrected chi connectivity index (χ1v) is 20.6. The third kappa shape index (κ3) is 4.97. The van der Waals surface area contributed by atoms with Gasteiger partial charge in [-0.1, -0.05) is 218 Å². The minimum Gasteiger partial charge on any atom is -0.0622 e. The van der Waals surface area contributed by atoms with Crippen LogP contribution in [0.3, 0.4) is 0 Å². The van der Waals surface area contributed by atoms with Gasteiger partial charge in [0.05, 0.1) is 5.41 Å². The van der Waals surface area contributed by atoms with E-state index in [0.29, 0.717) is 0 Å². The van der Waals surface area contributed by atoms with Crippen LogP contribution in [0.5, 0.6) is 0 Å². The summed E-state index contributed by atoms with van der Waals surface area (Å²) in [5.41, 5.74) is 14.8. The van der Waals surface area contributed by atoms with E-state index >= 15 is 0 Å². The molecular formula is C59H38. The molecule has 11 aromatic carbocycles. The second-order valence-corrected chi connectivity index (χ2v) is 15.9. The van der Waals surface area contributed by atoms with Gasteiger partial charge in [0.1, 0.15) is 0 Å². The fourth-order valence-electron chi connectivity index (χ4n) is 10.4. The van der Waals surface area contributed by atoms with Crippen molar-refractivity contribution in [3.63, 3.8) is 0 Å². The third-order valence-electron chi connectivity index (χ3n) is 12.9. The Balaban J connectivity index is 1.18. The Hall–Kier alpha value is -7.54. The summed E-state index contributed by atoms with van der Waals surface area (Å²) in [5, 5.41) is 10.0. The van der Waals surface area contributed by atoms with Crippen LogP contribution in [0.2, 0.25) is 0 Å². The molecule has 0 saturated heterocycles. The van der Waals surface area contributed by atoms with Crippen LogP contribution < -0.4 is 0 Å². The Kier molecular flexibility index (Phi) is 7.55. The molecule has 0 nitrogen and oxygen atoms in total. The molecule has 0 N–H and O–H groups in total. The van der Waals surface area contributed by atoms with E-state index in [-0.39, 0.29) is 0 Å². The van der Waals surface area contributed by atoms with Crippen LogP contribution in [0.25, 0.3) is 87.6 Å². The zero-order valence-electron chi connectivity index (χ0n) is 32.4. The predicted octanol–water partition coefficient (Wildman–Crippen LogP) is 15.7. The standard InChI is InChI=1S/C59H38/c1-3-21-43(22-4-1)59(44-23-5-2-6-24-44)55-32-14-13-27-47(55)48-35-33-42(38-56(48)59)41-34-36-53-54(37-41)58(50-31-16-20-40-18-8-10-26-46(40)50)52-29-12-11-28-51(52)57(53)49-30-15-19-39-17-7-9-25-45(39)49/h1-38H. The molecule has 0 aliphatic heterocycles. The number of rotatable bonds is 5. The Labute approximate surface area is 344 Å². The van der Waals surface area contributed by atoms with Crippen LogP contribution in [0, 0.1) is 0 Å². The van der Waals surface area contributed by atoms with Gasteiger partial charge in [0.25, 0.3) is 0 Å². The molecule has 0 fully saturated rings. The molecule has 0 amide bonds. The number of benzene rings is 11. The van der Waals surface area contributed by atoms with Crippen LogP contribution in [-0.2, 0) is 5.41 Å². The third-order valence-corrected chi connectivity index (χ3v) is 12.9. The van der Waals surface area contributed by atoms with Crippen molar-refractivity contribution >= 4 is 43.1 Å². The van der Waals surface area contributed by atoms with Gasteiger partial charge in [-0.15, -0.1) is 0 Å². The highest BCUT2D eigenvalue weighted by atomic mass is 14.5. The predicted molar refractivity (Wildman–Crippen MR) is 250 cm³/mol. The van der Waals surface area contributed by atoms with E-state index in [1.54, 1.807) is 0 Å². The Morgan fingerprint density at radius 2 is 0.661 bits per heavy atom. The summed E-state index contributed by atoms with van der Waals surface area (Å²) >= 11 is 0. The van der Waals surface area contributed by atoms with Crippen LogP contribution >= 0.6 is 0 Å². The van der Waals surface area contributed by atoms with E-state index < -0.39 is 5.41 Å². The van der Waals surface area contributed by atoms with Crippen molar-refractivity contribution in [2.45, 2.75) is 5.41 Å². The summed E-state index contributed by atoms with van der Waals surface area (Å²) in [5.74, 6) is 0. The van der Waals surface area contributed by atoms with Gasteiger partial charge in [-0.3, -0.25) is 0 Å². The summed E-state index contributed by atoms with van der Waals surface area (Å²) in [6.07, 6.45) is 0. The van der Waals surface area contributed by atoms with Gasteiger partial charge in [-0.05, 0) is 122 Å². The van der Waals surface area contributed by atoms with Crippen molar-refractivity contribution in [2.75, 3.05) is 0 Å². The van der Waals surface area contributed by atoms with Crippen LogP contribution in [0.1, 0.15) is 22.3 Å². The van der Waals surface area contributed by atoms with E-state index in [1.165, 1.54) is 110 Å². The highest BCUT2D eigenvalue weighted by Crippen LogP contribution is 2.57. The molecule has 0 spiro atoms. The van der Waals surface area contributed by atoms with Crippen LogP contribution in [0.4, 0.5) is 0 Å². The van der Waals surface area contributed by atoms with Gasteiger partial charge in [-0.2, -0.15) is 0 Å². The molecule has 274 valence electrons. The fourth-order valence-corrected chi connectivity index (χ4v) is 10.4. The van der Waals surface area contributed by atoms with Gasteiger partial charge in [0.15, 0.2) is 0 Å². The second kappa shape index (κ2) is 13.3. The van der Waals surface area contributed by atoms with E-state index in [9.17, 15) is 0 Å². The highest BCUT2D eigenvalue weighted by molar-refractivity contribution is 6.25. The van der Waals surface area contributed by atoms with E-state index in [4.69, 9.17) is 0 Å². The summed E-state index contributed by atoms with van der Waals surface area (Å²) in [6.45, 7) is 0. The molecule has 0 heteroatoms. The Morgan fingerprint density at radius 3 is 1.29 bits per heavy atom. The molecule has 1 aliphatic rings. The lowest BCUT2D eigenvalue weighted by atomic mass is 9.67. The van der Waals surface area contributed by atoms with Crippen LogP contribution in [-0.4, -0.2) is 0 Å². The molecule has 11 aromatic rings. The fraction of sp³-hybridized carbons (Fsp3) is 0.0169. The number of hydrogen-bond acceptors (Lipinski definition) is 0. The Bertz CT molecular complexity index is 3380. The topological polar surface area (TPSA) is 0 Å². The minimum absolute atomic E-state index is 0.465. The lowest BCUT2D eigenvalue weighted by Gasteiger charge is -2.34. The lowest BCUT2D eigenvalue weighted by Crippen LogP contribution is -2.28. The monoisotopic (exact) mass is 746 g/mol. The zero-order chi connectivity index (χ0) is 38.9. The van der Waals surface area contributed by atoms with Gasteiger partial charge in [0, 0.05) is 0 Å². The summed E-state index contributed by atoms with van der Waals surface area (Å²) in [6, 6.07) is 85.8. The van der Waals surface area contributed by atoms with E-state index in [2.05, 4.69) is 231 Å². The van der Waals surface area contributed by atoms with Crippen molar-refractivity contribution in [3.05, 3.63) is 253 Å². The maximum atomic E-state index is 2.49.